The Morgan fingerprint density at radius 3 is 2.30 bits per heavy atom. The van der Waals surface area contributed by atoms with Crippen molar-refractivity contribution in [2.24, 2.45) is 0 Å². The first-order valence-corrected chi connectivity index (χ1v) is 10.2. The first kappa shape index (κ1) is 19.9. The summed E-state index contributed by atoms with van der Waals surface area (Å²) < 4.78 is 0. The molecule has 0 bridgehead atoms. The van der Waals surface area contributed by atoms with Gasteiger partial charge in [0, 0.05) is 68.2 Å². The second kappa shape index (κ2) is 8.52. The monoisotopic (exact) mass is 408 g/mol. The van der Waals surface area contributed by atoms with Crippen molar-refractivity contribution in [3.63, 3.8) is 0 Å². The molecule has 30 heavy (non-hydrogen) atoms. The lowest BCUT2D eigenvalue weighted by Crippen LogP contribution is -2.48. The van der Waals surface area contributed by atoms with Crippen molar-refractivity contribution in [2.45, 2.75) is 19.3 Å². The summed E-state index contributed by atoms with van der Waals surface area (Å²) >= 11 is 0. The van der Waals surface area contributed by atoms with Gasteiger partial charge >= 0.3 is 0 Å². The summed E-state index contributed by atoms with van der Waals surface area (Å²) in [6.45, 7) is 3.06. The van der Waals surface area contributed by atoms with E-state index in [0.717, 1.165) is 30.8 Å². The zero-order valence-corrected chi connectivity index (χ0v) is 16.7. The fourth-order valence-electron chi connectivity index (χ4n) is 4.02. The molecule has 0 N–H and O–H groups in total. The molecule has 2 aliphatic rings. The molecule has 0 aliphatic carbocycles. The van der Waals surface area contributed by atoms with Gasteiger partial charge in [-0.2, -0.15) is 0 Å². The summed E-state index contributed by atoms with van der Waals surface area (Å²) in [5, 5.41) is 11.0. The molecule has 8 nitrogen and oxygen atoms in total. The maximum atomic E-state index is 12.9. The van der Waals surface area contributed by atoms with Crippen molar-refractivity contribution >= 4 is 28.9 Å². The van der Waals surface area contributed by atoms with Gasteiger partial charge in [0.15, 0.2) is 0 Å². The zero-order valence-electron chi connectivity index (χ0n) is 16.7. The third-order valence-corrected chi connectivity index (χ3v) is 5.72. The molecule has 2 saturated heterocycles. The Hall–Kier alpha value is -3.42. The summed E-state index contributed by atoms with van der Waals surface area (Å²) in [7, 11) is 0. The largest absolute Gasteiger partial charge is 0.368 e. The van der Waals surface area contributed by atoms with Gasteiger partial charge in [-0.15, -0.1) is 0 Å². The summed E-state index contributed by atoms with van der Waals surface area (Å²) in [6.07, 6.45) is 2.52. The van der Waals surface area contributed by atoms with Crippen molar-refractivity contribution in [3.8, 4) is 0 Å². The molecule has 2 aromatic rings. The Kier molecular flexibility index (Phi) is 5.65. The molecule has 0 spiro atoms. The number of benzene rings is 2. The van der Waals surface area contributed by atoms with Crippen molar-refractivity contribution in [2.75, 3.05) is 42.5 Å². The number of non-ortho nitro benzene ring substituents is 1. The second-order valence-electron chi connectivity index (χ2n) is 7.61. The number of carbonyl (C=O) groups is 2. The Bertz CT molecular complexity index is 952. The number of nitro groups is 1. The number of nitrogens with zero attached hydrogens (tertiary/aromatic N) is 4. The Labute approximate surface area is 174 Å². The highest BCUT2D eigenvalue weighted by Gasteiger charge is 2.24. The number of hydrogen-bond acceptors (Lipinski definition) is 5. The van der Waals surface area contributed by atoms with Crippen LogP contribution in [-0.2, 0) is 4.79 Å². The first-order valence-electron chi connectivity index (χ1n) is 10.2. The zero-order chi connectivity index (χ0) is 21.1. The number of nitro benzene ring substituents is 1. The first-order chi connectivity index (χ1) is 14.5. The fraction of sp³-hybridized carbons (Fsp3) is 0.364. The molecule has 2 aromatic carbocycles. The highest BCUT2D eigenvalue weighted by atomic mass is 16.6. The quantitative estimate of drug-likeness (QED) is 0.573. The Morgan fingerprint density at radius 1 is 0.900 bits per heavy atom. The minimum atomic E-state index is -0.398. The standard InChI is InChI=1S/C22H24N4O4/c27-21-6-1-2-11-25(21)18-9-7-17(8-10-18)22(28)24-14-12-23(13-15-24)19-4-3-5-20(16-19)26(29)30/h3-5,7-10,16H,1-2,6,11-15H2. The van der Waals surface area contributed by atoms with E-state index in [0.29, 0.717) is 38.2 Å². The molecule has 4 rings (SSSR count). The summed E-state index contributed by atoms with van der Waals surface area (Å²) in [4.78, 5) is 41.2. The van der Waals surface area contributed by atoms with E-state index < -0.39 is 4.92 Å². The van der Waals surface area contributed by atoms with Gasteiger partial charge in [0.2, 0.25) is 5.91 Å². The van der Waals surface area contributed by atoms with E-state index in [1.54, 1.807) is 34.1 Å². The van der Waals surface area contributed by atoms with Crippen molar-refractivity contribution in [1.82, 2.24) is 4.90 Å². The van der Waals surface area contributed by atoms with Crippen LogP contribution in [0.15, 0.2) is 48.5 Å². The maximum Gasteiger partial charge on any atom is 0.271 e. The van der Waals surface area contributed by atoms with E-state index in [9.17, 15) is 19.7 Å². The number of rotatable bonds is 4. The molecule has 2 aliphatic heterocycles. The molecule has 156 valence electrons. The molecule has 0 unspecified atom stereocenters. The minimum Gasteiger partial charge on any atom is -0.368 e. The van der Waals surface area contributed by atoms with Gasteiger partial charge in [-0.1, -0.05) is 6.07 Å². The van der Waals surface area contributed by atoms with Gasteiger partial charge in [0.25, 0.3) is 11.6 Å². The minimum absolute atomic E-state index is 0.0368. The molecule has 0 saturated carbocycles. The predicted molar refractivity (Wildman–Crippen MR) is 114 cm³/mol. The number of piperidine rings is 1. The molecular weight excluding hydrogens is 384 g/mol. The molecule has 8 heteroatoms. The lowest BCUT2D eigenvalue weighted by atomic mass is 10.1. The van der Waals surface area contributed by atoms with E-state index in [2.05, 4.69) is 4.90 Å². The highest BCUT2D eigenvalue weighted by Crippen LogP contribution is 2.24. The van der Waals surface area contributed by atoms with E-state index in [-0.39, 0.29) is 17.5 Å². The molecule has 0 atom stereocenters. The third-order valence-electron chi connectivity index (χ3n) is 5.72. The van der Waals surface area contributed by atoms with Crippen LogP contribution in [-0.4, -0.2) is 54.4 Å². The molecular formula is C22H24N4O4. The van der Waals surface area contributed by atoms with Gasteiger partial charge in [0.05, 0.1) is 4.92 Å². The maximum absolute atomic E-state index is 12.9. The number of anilines is 2. The molecule has 2 fully saturated rings. The van der Waals surface area contributed by atoms with Crippen molar-refractivity contribution in [1.29, 1.82) is 0 Å². The van der Waals surface area contributed by atoms with Crippen LogP contribution in [0.3, 0.4) is 0 Å². The average Bonchev–Trinajstić information content (AvgIpc) is 2.79. The summed E-state index contributed by atoms with van der Waals surface area (Å²) in [6, 6.07) is 13.8. The molecule has 2 amide bonds. The number of carbonyl (C=O) groups excluding carboxylic acids is 2. The highest BCUT2D eigenvalue weighted by molar-refractivity contribution is 5.97. The van der Waals surface area contributed by atoms with Crippen LogP contribution < -0.4 is 9.80 Å². The van der Waals surface area contributed by atoms with Crippen LogP contribution in [0.1, 0.15) is 29.6 Å². The number of hydrogen-bond donors (Lipinski definition) is 0. The van der Waals surface area contributed by atoms with Gasteiger partial charge in [-0.05, 0) is 43.2 Å². The lowest BCUT2D eigenvalue weighted by molar-refractivity contribution is -0.384. The predicted octanol–water partition coefficient (Wildman–Crippen LogP) is 3.07. The van der Waals surface area contributed by atoms with Gasteiger partial charge in [-0.3, -0.25) is 19.7 Å². The topological polar surface area (TPSA) is 87.0 Å². The van der Waals surface area contributed by atoms with Crippen LogP contribution in [0.2, 0.25) is 0 Å². The van der Waals surface area contributed by atoms with Crippen LogP contribution >= 0.6 is 0 Å². The van der Waals surface area contributed by atoms with Crippen LogP contribution in [0, 0.1) is 10.1 Å². The van der Waals surface area contributed by atoms with Crippen molar-refractivity contribution in [3.05, 3.63) is 64.2 Å². The Morgan fingerprint density at radius 2 is 1.63 bits per heavy atom. The second-order valence-corrected chi connectivity index (χ2v) is 7.61. The molecule has 2 heterocycles. The number of amides is 2. The van der Waals surface area contributed by atoms with E-state index >= 15 is 0 Å². The SMILES string of the molecule is O=C(c1ccc(N2CCCCC2=O)cc1)N1CCN(c2cccc([N+](=O)[O-])c2)CC1. The fourth-order valence-corrected chi connectivity index (χ4v) is 4.02. The third kappa shape index (κ3) is 4.12. The van der Waals surface area contributed by atoms with Gasteiger partial charge in [-0.25, -0.2) is 0 Å². The summed E-state index contributed by atoms with van der Waals surface area (Å²) in [5.41, 5.74) is 2.31. The van der Waals surface area contributed by atoms with Gasteiger partial charge < -0.3 is 14.7 Å². The van der Waals surface area contributed by atoms with Crippen LogP contribution in [0.4, 0.5) is 17.1 Å². The number of piperazine rings is 1. The van der Waals surface area contributed by atoms with E-state index in [4.69, 9.17) is 0 Å². The average molecular weight is 408 g/mol. The van der Waals surface area contributed by atoms with Crippen molar-refractivity contribution < 1.29 is 14.5 Å². The van der Waals surface area contributed by atoms with E-state index in [1.807, 2.05) is 18.2 Å². The smallest absolute Gasteiger partial charge is 0.271 e. The van der Waals surface area contributed by atoms with Crippen LogP contribution in [0.5, 0.6) is 0 Å². The van der Waals surface area contributed by atoms with Gasteiger partial charge in [0.1, 0.15) is 0 Å². The summed E-state index contributed by atoms with van der Waals surface area (Å²) in [5.74, 6) is 0.0998. The molecule has 0 aromatic heterocycles. The van der Waals surface area contributed by atoms with E-state index in [1.165, 1.54) is 6.07 Å². The van der Waals surface area contributed by atoms with Crippen LogP contribution in [0.25, 0.3) is 0 Å². The molecule has 0 radical (unpaired) electrons. The lowest BCUT2D eigenvalue weighted by Gasteiger charge is -2.36. The Balaban J connectivity index is 1.38. The normalized spacial score (nSPS) is 17.2.